The molecule has 2 rings (SSSR count). The third kappa shape index (κ3) is 3.35. The summed E-state index contributed by atoms with van der Waals surface area (Å²) in [6, 6.07) is 3.83. The van der Waals surface area contributed by atoms with Crippen molar-refractivity contribution in [1.29, 1.82) is 0 Å². The van der Waals surface area contributed by atoms with Crippen molar-refractivity contribution in [2.75, 3.05) is 13.1 Å². The van der Waals surface area contributed by atoms with E-state index in [0.717, 1.165) is 24.8 Å². The van der Waals surface area contributed by atoms with Gasteiger partial charge in [0, 0.05) is 6.54 Å². The van der Waals surface area contributed by atoms with E-state index in [1.54, 1.807) is 0 Å². The van der Waals surface area contributed by atoms with E-state index in [4.69, 9.17) is 9.52 Å². The summed E-state index contributed by atoms with van der Waals surface area (Å²) in [4.78, 5) is 2.46. The van der Waals surface area contributed by atoms with Gasteiger partial charge in [-0.25, -0.2) is 0 Å². The van der Waals surface area contributed by atoms with Gasteiger partial charge in [0.1, 0.15) is 18.1 Å². The lowest BCUT2D eigenvalue weighted by Crippen LogP contribution is -2.26. The van der Waals surface area contributed by atoms with Gasteiger partial charge in [-0.2, -0.15) is 0 Å². The Balaban J connectivity index is 1.87. The van der Waals surface area contributed by atoms with E-state index in [1.165, 1.54) is 25.8 Å². The van der Waals surface area contributed by atoms with Crippen LogP contribution in [0.2, 0.25) is 0 Å². The maximum atomic E-state index is 8.94. The van der Waals surface area contributed by atoms with Gasteiger partial charge >= 0.3 is 0 Å². The van der Waals surface area contributed by atoms with Crippen LogP contribution in [0.5, 0.6) is 0 Å². The van der Waals surface area contributed by atoms with E-state index in [-0.39, 0.29) is 6.61 Å². The molecule has 0 saturated heterocycles. The van der Waals surface area contributed by atoms with Crippen molar-refractivity contribution >= 4 is 0 Å². The molecule has 3 heteroatoms. The van der Waals surface area contributed by atoms with Crippen LogP contribution in [-0.4, -0.2) is 23.1 Å². The lowest BCUT2D eigenvalue weighted by Gasteiger charge is -2.20. The lowest BCUT2D eigenvalue weighted by atomic mass is 10.3. The van der Waals surface area contributed by atoms with E-state index in [0.29, 0.717) is 5.76 Å². The topological polar surface area (TPSA) is 36.6 Å². The molecule has 1 aliphatic rings. The number of hydrogen-bond acceptors (Lipinski definition) is 3. The van der Waals surface area contributed by atoms with Crippen molar-refractivity contribution in [3.8, 4) is 0 Å². The number of furan rings is 1. The van der Waals surface area contributed by atoms with E-state index in [2.05, 4.69) is 11.8 Å². The molecule has 0 radical (unpaired) electrons. The van der Waals surface area contributed by atoms with E-state index in [9.17, 15) is 0 Å². The number of aliphatic hydroxyl groups excluding tert-OH is 1. The minimum atomic E-state index is -0.00357. The van der Waals surface area contributed by atoms with E-state index in [1.807, 2.05) is 12.1 Å². The first kappa shape index (κ1) is 11.7. The summed E-state index contributed by atoms with van der Waals surface area (Å²) in [6.07, 6.45) is 3.96. The highest BCUT2D eigenvalue weighted by Gasteiger charge is 2.24. The van der Waals surface area contributed by atoms with Crippen molar-refractivity contribution < 1.29 is 9.52 Å². The average molecular weight is 223 g/mol. The Kier molecular flexibility index (Phi) is 4.02. The van der Waals surface area contributed by atoms with Crippen molar-refractivity contribution in [2.45, 2.75) is 39.3 Å². The van der Waals surface area contributed by atoms with Crippen LogP contribution in [0.3, 0.4) is 0 Å². The molecule has 0 aliphatic heterocycles. The lowest BCUT2D eigenvalue weighted by molar-refractivity contribution is 0.214. The molecule has 0 spiro atoms. The summed E-state index contributed by atoms with van der Waals surface area (Å²) in [6.45, 7) is 5.41. The zero-order valence-corrected chi connectivity index (χ0v) is 9.98. The van der Waals surface area contributed by atoms with E-state index < -0.39 is 0 Å². The Morgan fingerprint density at radius 3 is 2.69 bits per heavy atom. The van der Waals surface area contributed by atoms with Crippen molar-refractivity contribution in [1.82, 2.24) is 4.90 Å². The molecule has 1 aromatic heterocycles. The van der Waals surface area contributed by atoms with Gasteiger partial charge < -0.3 is 9.52 Å². The number of nitrogens with zero attached hydrogens (tertiary/aromatic N) is 1. The minimum Gasteiger partial charge on any atom is -0.462 e. The average Bonchev–Trinajstić information content (AvgIpc) is 2.96. The molecule has 0 aromatic carbocycles. The predicted molar refractivity (Wildman–Crippen MR) is 62.9 cm³/mol. The Bertz CT molecular complexity index is 317. The van der Waals surface area contributed by atoms with Crippen molar-refractivity contribution in [3.05, 3.63) is 23.7 Å². The molecule has 3 nitrogen and oxygen atoms in total. The first-order chi connectivity index (χ1) is 7.81. The van der Waals surface area contributed by atoms with Gasteiger partial charge in [-0.3, -0.25) is 4.90 Å². The minimum absolute atomic E-state index is 0.00357. The normalized spacial score (nSPS) is 15.9. The van der Waals surface area contributed by atoms with Crippen molar-refractivity contribution in [2.24, 2.45) is 5.92 Å². The van der Waals surface area contributed by atoms with Crippen LogP contribution in [-0.2, 0) is 13.2 Å². The Morgan fingerprint density at radius 2 is 2.12 bits per heavy atom. The zero-order chi connectivity index (χ0) is 11.4. The summed E-state index contributed by atoms with van der Waals surface area (Å²) in [5, 5.41) is 8.94. The summed E-state index contributed by atoms with van der Waals surface area (Å²) >= 11 is 0. The second-order valence-electron chi connectivity index (χ2n) is 4.70. The fraction of sp³-hybridized carbons (Fsp3) is 0.692. The molecule has 90 valence electrons. The molecule has 0 atom stereocenters. The summed E-state index contributed by atoms with van der Waals surface area (Å²) in [5.74, 6) is 2.55. The van der Waals surface area contributed by atoms with Crippen LogP contribution in [0.4, 0.5) is 0 Å². The first-order valence-electron chi connectivity index (χ1n) is 6.22. The second kappa shape index (κ2) is 5.51. The number of rotatable bonds is 7. The van der Waals surface area contributed by atoms with Gasteiger partial charge in [-0.1, -0.05) is 6.92 Å². The molecule has 0 unspecified atom stereocenters. The molecular formula is C13H21NO2. The van der Waals surface area contributed by atoms with Gasteiger partial charge in [-0.15, -0.1) is 0 Å². The molecule has 1 N–H and O–H groups in total. The molecule has 0 amide bonds. The monoisotopic (exact) mass is 223 g/mol. The largest absolute Gasteiger partial charge is 0.462 e. The smallest absolute Gasteiger partial charge is 0.129 e. The van der Waals surface area contributed by atoms with Crippen LogP contribution < -0.4 is 0 Å². The fourth-order valence-electron chi connectivity index (χ4n) is 2.03. The molecule has 16 heavy (non-hydrogen) atoms. The van der Waals surface area contributed by atoms with Gasteiger partial charge in [-0.05, 0) is 43.9 Å². The highest BCUT2D eigenvalue weighted by atomic mass is 16.4. The van der Waals surface area contributed by atoms with Gasteiger partial charge in [0.05, 0.1) is 6.54 Å². The van der Waals surface area contributed by atoms with Gasteiger partial charge in [0.2, 0.25) is 0 Å². The standard InChI is InChI=1S/C13H21NO2/c1-2-7-14(8-11-3-4-11)9-12-5-6-13(10-15)16-12/h5-6,11,15H,2-4,7-10H2,1H3. The van der Waals surface area contributed by atoms with Crippen molar-refractivity contribution in [3.63, 3.8) is 0 Å². The van der Waals surface area contributed by atoms with Crippen LogP contribution in [0.15, 0.2) is 16.5 Å². The number of hydrogen-bond donors (Lipinski definition) is 1. The first-order valence-corrected chi connectivity index (χ1v) is 6.22. The maximum Gasteiger partial charge on any atom is 0.129 e. The quantitative estimate of drug-likeness (QED) is 0.771. The maximum absolute atomic E-state index is 8.94. The molecular weight excluding hydrogens is 202 g/mol. The summed E-state index contributed by atoms with van der Waals surface area (Å²) in [5.41, 5.74) is 0. The SMILES string of the molecule is CCCN(Cc1ccc(CO)o1)CC1CC1. The summed E-state index contributed by atoms with van der Waals surface area (Å²) in [7, 11) is 0. The zero-order valence-electron chi connectivity index (χ0n) is 9.98. The molecule has 1 aliphatic carbocycles. The van der Waals surface area contributed by atoms with E-state index >= 15 is 0 Å². The van der Waals surface area contributed by atoms with Crippen LogP contribution in [0.25, 0.3) is 0 Å². The fourth-order valence-corrected chi connectivity index (χ4v) is 2.03. The van der Waals surface area contributed by atoms with Crippen LogP contribution >= 0.6 is 0 Å². The van der Waals surface area contributed by atoms with Crippen LogP contribution in [0, 0.1) is 5.92 Å². The highest BCUT2D eigenvalue weighted by molar-refractivity contribution is 5.06. The number of aliphatic hydroxyl groups is 1. The van der Waals surface area contributed by atoms with Gasteiger partial charge in [0.15, 0.2) is 0 Å². The van der Waals surface area contributed by atoms with Crippen LogP contribution in [0.1, 0.15) is 37.7 Å². The Hall–Kier alpha value is -0.800. The third-order valence-corrected chi connectivity index (χ3v) is 3.01. The molecule has 1 fully saturated rings. The molecule has 0 bridgehead atoms. The third-order valence-electron chi connectivity index (χ3n) is 3.01. The Morgan fingerprint density at radius 1 is 1.38 bits per heavy atom. The Labute approximate surface area is 97.1 Å². The molecule has 1 heterocycles. The second-order valence-corrected chi connectivity index (χ2v) is 4.70. The highest BCUT2D eigenvalue weighted by Crippen LogP contribution is 2.30. The molecule has 1 saturated carbocycles. The van der Waals surface area contributed by atoms with Gasteiger partial charge in [0.25, 0.3) is 0 Å². The predicted octanol–water partition coefficient (Wildman–Crippen LogP) is 2.39. The molecule has 1 aromatic rings. The summed E-state index contributed by atoms with van der Waals surface area (Å²) < 4.78 is 5.52.